The Morgan fingerprint density at radius 3 is 1.61 bits per heavy atom. The normalized spacial score (nSPS) is 10.0. The fourth-order valence-corrected chi connectivity index (χ4v) is 2.88. The first-order chi connectivity index (χ1) is 14.5. The van der Waals surface area contributed by atoms with Gasteiger partial charge in [-0.3, -0.25) is 30.3 Å². The Morgan fingerprint density at radius 2 is 1.23 bits per heavy atom. The highest BCUT2D eigenvalue weighted by Crippen LogP contribution is 2.38. The van der Waals surface area contributed by atoms with Crippen LogP contribution >= 0.6 is 0 Å². The van der Waals surface area contributed by atoms with Crippen LogP contribution in [0.25, 0.3) is 11.1 Å². The third kappa shape index (κ3) is 5.32. The summed E-state index contributed by atoms with van der Waals surface area (Å²) in [5, 5.41) is 40.2. The van der Waals surface area contributed by atoms with E-state index < -0.39 is 37.6 Å². The van der Waals surface area contributed by atoms with Crippen LogP contribution < -0.4 is 0 Å². The highest BCUT2D eigenvalue weighted by Gasteiger charge is 2.30. The first-order valence-electron chi connectivity index (χ1n) is 8.70. The quantitative estimate of drug-likeness (QED) is 0.472. The molecule has 12 heteroatoms. The third-order valence-electron chi connectivity index (χ3n) is 4.10. The molecule has 12 nitrogen and oxygen atoms in total. The summed E-state index contributed by atoms with van der Waals surface area (Å²) in [6.07, 6.45) is 0. The number of aromatic nitrogens is 2. The Balaban J connectivity index is 0.000000220. The Hall–Kier alpha value is -4.48. The lowest BCUT2D eigenvalue weighted by Gasteiger charge is -2.09. The van der Waals surface area contributed by atoms with Gasteiger partial charge in [-0.05, 0) is 26.3 Å². The number of benzene rings is 2. The van der Waals surface area contributed by atoms with Crippen molar-refractivity contribution in [1.29, 1.82) is 0 Å². The average Bonchev–Trinajstić information content (AvgIpc) is 2.68. The average molecular weight is 427 g/mol. The molecule has 3 rings (SSSR count). The van der Waals surface area contributed by atoms with Crippen LogP contribution in [0.3, 0.4) is 0 Å². The van der Waals surface area contributed by atoms with E-state index in [1.165, 1.54) is 5.56 Å². The van der Waals surface area contributed by atoms with Crippen molar-refractivity contribution in [2.75, 3.05) is 0 Å². The van der Waals surface area contributed by atoms with Gasteiger partial charge in [-0.1, -0.05) is 30.3 Å². The van der Waals surface area contributed by atoms with Gasteiger partial charge in [-0.25, -0.2) is 9.97 Å². The molecule has 1 N–H and O–H groups in total. The van der Waals surface area contributed by atoms with Crippen molar-refractivity contribution in [3.8, 4) is 16.9 Å². The molecular weight excluding hydrogens is 410 g/mol. The summed E-state index contributed by atoms with van der Waals surface area (Å²) in [5.41, 5.74) is 1.43. The van der Waals surface area contributed by atoms with E-state index in [4.69, 9.17) is 5.11 Å². The second-order valence-electron chi connectivity index (χ2n) is 6.29. The number of rotatable bonds is 4. The van der Waals surface area contributed by atoms with Gasteiger partial charge in [0.1, 0.15) is 5.82 Å². The molecule has 0 fully saturated rings. The van der Waals surface area contributed by atoms with E-state index in [9.17, 15) is 30.3 Å². The lowest BCUT2D eigenvalue weighted by atomic mass is 10.0. The number of phenols is 1. The van der Waals surface area contributed by atoms with Gasteiger partial charge < -0.3 is 5.11 Å². The standard InChI is InChI=1S/C13H14N2.C6H3N3O7/c1-9-13(10(2)15-11(3)14-9)12-7-5-4-6-8-12;10-6-4(8(13)14)1-3(7(11)12)2-5(6)9(15)16/h4-8H,1-3H3;1-2,10H. The van der Waals surface area contributed by atoms with E-state index >= 15 is 0 Å². The van der Waals surface area contributed by atoms with Gasteiger partial charge in [0, 0.05) is 17.0 Å². The van der Waals surface area contributed by atoms with Crippen molar-refractivity contribution in [3.63, 3.8) is 0 Å². The van der Waals surface area contributed by atoms with Gasteiger partial charge in [0.25, 0.3) is 11.4 Å². The molecule has 160 valence electrons. The lowest BCUT2D eigenvalue weighted by Crippen LogP contribution is -1.98. The smallest absolute Gasteiger partial charge is 0.324 e. The number of nitro groups is 3. The van der Waals surface area contributed by atoms with Gasteiger partial charge in [-0.15, -0.1) is 0 Å². The lowest BCUT2D eigenvalue weighted by molar-refractivity contribution is -0.404. The molecule has 0 radical (unpaired) electrons. The van der Waals surface area contributed by atoms with Crippen molar-refractivity contribution < 1.29 is 19.9 Å². The summed E-state index contributed by atoms with van der Waals surface area (Å²) in [5.74, 6) is -0.370. The topological polar surface area (TPSA) is 175 Å². The van der Waals surface area contributed by atoms with Crippen LogP contribution in [0.2, 0.25) is 0 Å². The number of hydrogen-bond donors (Lipinski definition) is 1. The van der Waals surface area contributed by atoms with Crippen LogP contribution in [0, 0.1) is 51.1 Å². The second kappa shape index (κ2) is 9.35. The first-order valence-corrected chi connectivity index (χ1v) is 8.70. The molecule has 0 saturated carbocycles. The molecular formula is C19H17N5O7. The van der Waals surface area contributed by atoms with Crippen molar-refractivity contribution in [3.05, 3.63) is 90.0 Å². The fourth-order valence-electron chi connectivity index (χ4n) is 2.88. The number of nitrogens with zero attached hydrogens (tertiary/aromatic N) is 5. The number of hydrogen-bond acceptors (Lipinski definition) is 9. The third-order valence-corrected chi connectivity index (χ3v) is 4.10. The monoisotopic (exact) mass is 427 g/mol. The Morgan fingerprint density at radius 1 is 0.774 bits per heavy atom. The molecule has 0 amide bonds. The largest absolute Gasteiger partial charge is 0.497 e. The zero-order chi connectivity index (χ0) is 23.3. The van der Waals surface area contributed by atoms with Crippen LogP contribution in [0.4, 0.5) is 17.1 Å². The van der Waals surface area contributed by atoms with Crippen LogP contribution in [0.1, 0.15) is 17.2 Å². The van der Waals surface area contributed by atoms with Gasteiger partial charge in [0.2, 0.25) is 0 Å². The van der Waals surface area contributed by atoms with Crippen LogP contribution in [-0.2, 0) is 0 Å². The summed E-state index contributed by atoms with van der Waals surface area (Å²) in [4.78, 5) is 36.6. The van der Waals surface area contributed by atoms with Crippen LogP contribution in [0.15, 0.2) is 42.5 Å². The number of nitro benzene ring substituents is 3. The van der Waals surface area contributed by atoms with Crippen molar-refractivity contribution in [1.82, 2.24) is 9.97 Å². The minimum atomic E-state index is -1.21. The van der Waals surface area contributed by atoms with Gasteiger partial charge in [-0.2, -0.15) is 0 Å². The SMILES string of the molecule is Cc1nc(C)c(-c2ccccc2)c(C)n1.O=[N+]([O-])c1cc([N+](=O)[O-])c(O)c([N+](=O)[O-])c1. The van der Waals surface area contributed by atoms with Crippen LogP contribution in [-0.4, -0.2) is 29.8 Å². The molecule has 0 spiro atoms. The first kappa shape index (κ1) is 22.8. The molecule has 1 aromatic heterocycles. The maximum absolute atomic E-state index is 10.4. The van der Waals surface area contributed by atoms with E-state index in [2.05, 4.69) is 22.1 Å². The van der Waals surface area contributed by atoms with E-state index in [1.54, 1.807) is 0 Å². The fraction of sp³-hybridized carbons (Fsp3) is 0.158. The summed E-state index contributed by atoms with van der Waals surface area (Å²) in [6, 6.07) is 11.2. The molecule has 31 heavy (non-hydrogen) atoms. The number of aromatic hydroxyl groups is 1. The highest BCUT2D eigenvalue weighted by atomic mass is 16.6. The molecule has 3 aromatic rings. The number of aryl methyl sites for hydroxylation is 3. The Bertz CT molecular complexity index is 1110. The molecule has 0 bridgehead atoms. The highest BCUT2D eigenvalue weighted by molar-refractivity contribution is 5.67. The van der Waals surface area contributed by atoms with Crippen molar-refractivity contribution in [2.45, 2.75) is 20.8 Å². The minimum absolute atomic E-state index is 0.447. The minimum Gasteiger partial charge on any atom is -0.497 e. The second-order valence-corrected chi connectivity index (χ2v) is 6.29. The summed E-state index contributed by atoms with van der Waals surface area (Å²) in [6.45, 7) is 5.99. The number of non-ortho nitro benzene ring substituents is 1. The van der Waals surface area contributed by atoms with E-state index in [-0.39, 0.29) is 0 Å². The molecule has 0 unspecified atom stereocenters. The van der Waals surface area contributed by atoms with Gasteiger partial charge in [0.15, 0.2) is 0 Å². The van der Waals surface area contributed by atoms with Gasteiger partial charge in [0.05, 0.1) is 26.9 Å². The Kier molecular flexibility index (Phi) is 6.87. The van der Waals surface area contributed by atoms with E-state index in [1.807, 2.05) is 39.0 Å². The zero-order valence-corrected chi connectivity index (χ0v) is 16.7. The molecule has 2 aromatic carbocycles. The molecule has 0 atom stereocenters. The van der Waals surface area contributed by atoms with Gasteiger partial charge >= 0.3 is 11.4 Å². The van der Waals surface area contributed by atoms with Crippen molar-refractivity contribution in [2.24, 2.45) is 0 Å². The summed E-state index contributed by atoms with van der Waals surface area (Å²) in [7, 11) is 0. The molecule has 0 saturated heterocycles. The maximum Gasteiger partial charge on any atom is 0.324 e. The summed E-state index contributed by atoms with van der Waals surface area (Å²) >= 11 is 0. The zero-order valence-electron chi connectivity index (χ0n) is 16.7. The van der Waals surface area contributed by atoms with Crippen LogP contribution in [0.5, 0.6) is 5.75 Å². The van der Waals surface area contributed by atoms with E-state index in [0.29, 0.717) is 12.1 Å². The predicted octanol–water partition coefficient (Wildman–Crippen LogP) is 4.19. The Labute approximate surface area is 175 Å². The summed E-state index contributed by atoms with van der Waals surface area (Å²) < 4.78 is 0. The van der Waals surface area contributed by atoms with Crippen molar-refractivity contribution >= 4 is 17.1 Å². The molecule has 0 aliphatic rings. The maximum atomic E-state index is 10.4. The molecule has 0 aliphatic carbocycles. The predicted molar refractivity (Wildman–Crippen MR) is 110 cm³/mol. The molecule has 1 heterocycles. The molecule has 0 aliphatic heterocycles. The number of phenolic OH excluding ortho intramolecular Hbond substituents is 1. The van der Waals surface area contributed by atoms with E-state index in [0.717, 1.165) is 22.8 Å².